The van der Waals surface area contributed by atoms with Gasteiger partial charge in [0, 0.05) is 24.2 Å². The summed E-state index contributed by atoms with van der Waals surface area (Å²) in [6.07, 6.45) is -2.74. The summed E-state index contributed by atoms with van der Waals surface area (Å²) in [5, 5.41) is 11.5. The number of ether oxygens (including phenoxy) is 4. The van der Waals surface area contributed by atoms with Gasteiger partial charge in [-0.3, -0.25) is 0 Å². The molecule has 0 spiro atoms. The predicted molar refractivity (Wildman–Crippen MR) is 144 cm³/mol. The van der Waals surface area contributed by atoms with Crippen molar-refractivity contribution < 1.29 is 33.6 Å². The molecule has 10 heteroatoms. The second-order valence-electron chi connectivity index (χ2n) is 9.94. The lowest BCUT2D eigenvalue weighted by atomic mass is 10.0. The zero-order chi connectivity index (χ0) is 28.7. The molecule has 10 nitrogen and oxygen atoms in total. The van der Waals surface area contributed by atoms with Crippen molar-refractivity contribution in [1.82, 2.24) is 14.8 Å². The van der Waals surface area contributed by atoms with E-state index in [2.05, 4.69) is 4.98 Å². The number of methoxy groups -OCH3 is 2. The number of carbonyl (C=O) groups excluding carboxylic acids is 2. The first kappa shape index (κ1) is 30.7. The van der Waals surface area contributed by atoms with Crippen molar-refractivity contribution in [3.63, 3.8) is 0 Å². The van der Waals surface area contributed by atoms with Crippen LogP contribution in [0.15, 0.2) is 30.3 Å². The maximum absolute atomic E-state index is 13.4. The topological polar surface area (TPSA) is 111 Å². The molecule has 1 atom stereocenters. The zero-order valence-electron chi connectivity index (χ0n) is 24.0. The largest absolute Gasteiger partial charge is 0.489 e. The second-order valence-corrected chi connectivity index (χ2v) is 9.94. The van der Waals surface area contributed by atoms with E-state index in [4.69, 9.17) is 18.9 Å². The summed E-state index contributed by atoms with van der Waals surface area (Å²) in [5.41, 5.74) is 0.417. The number of aromatic nitrogens is 1. The van der Waals surface area contributed by atoms with Gasteiger partial charge in [0.2, 0.25) is 11.6 Å². The van der Waals surface area contributed by atoms with E-state index in [1.165, 1.54) is 24.0 Å². The van der Waals surface area contributed by atoms with Gasteiger partial charge in [0.25, 0.3) is 5.88 Å². The Bertz CT molecular complexity index is 1070. The summed E-state index contributed by atoms with van der Waals surface area (Å²) in [7, 11) is 2.72. The molecule has 210 valence electrons. The van der Waals surface area contributed by atoms with Crippen LogP contribution in [-0.2, 0) is 0 Å². The maximum Gasteiger partial charge on any atom is 0.417 e. The van der Waals surface area contributed by atoms with Gasteiger partial charge in [-0.1, -0.05) is 30.3 Å². The molecule has 0 aliphatic carbocycles. The molecule has 0 bridgehead atoms. The number of rotatable bonds is 10. The maximum atomic E-state index is 13.4. The molecule has 2 rings (SSSR count). The summed E-state index contributed by atoms with van der Waals surface area (Å²) >= 11 is 0. The first-order chi connectivity index (χ1) is 17.8. The molecule has 0 saturated heterocycles. The number of carbonyl (C=O) groups is 2. The van der Waals surface area contributed by atoms with Crippen LogP contribution >= 0.6 is 0 Å². The van der Waals surface area contributed by atoms with Crippen molar-refractivity contribution in [2.24, 2.45) is 0 Å². The predicted octanol–water partition coefficient (Wildman–Crippen LogP) is 5.42. The Hall–Kier alpha value is -3.53. The molecule has 0 saturated carbocycles. The van der Waals surface area contributed by atoms with E-state index in [1.807, 2.05) is 55.4 Å². The van der Waals surface area contributed by atoms with Crippen molar-refractivity contribution in [3.8, 4) is 23.3 Å². The summed E-state index contributed by atoms with van der Waals surface area (Å²) < 4.78 is 22.6. The van der Waals surface area contributed by atoms with Crippen molar-refractivity contribution in [2.45, 2.75) is 85.7 Å². The van der Waals surface area contributed by atoms with Gasteiger partial charge in [0.05, 0.1) is 19.8 Å². The number of hydrogen-bond donors (Lipinski definition) is 1. The Labute approximate surface area is 225 Å². The Morgan fingerprint density at radius 2 is 1.18 bits per heavy atom. The first-order valence-corrected chi connectivity index (χ1v) is 12.7. The SMILES string of the molecule is COc1nc(OC(=O)N(C(C)C)C(C)C)c(C(O)c2ccccc2)c(OC(=O)N(C(C)C)C(C)C)c1OC. The smallest absolute Gasteiger partial charge is 0.417 e. The van der Waals surface area contributed by atoms with E-state index < -0.39 is 18.3 Å². The van der Waals surface area contributed by atoms with Crippen molar-refractivity contribution in [1.29, 1.82) is 0 Å². The molecule has 2 amide bonds. The molecule has 1 unspecified atom stereocenters. The molecule has 1 heterocycles. The van der Waals surface area contributed by atoms with Crippen molar-refractivity contribution in [2.75, 3.05) is 14.2 Å². The lowest BCUT2D eigenvalue weighted by Crippen LogP contribution is -2.44. The number of amides is 2. The third-order valence-corrected chi connectivity index (χ3v) is 5.89. The average molecular weight is 532 g/mol. The number of aliphatic hydroxyl groups is 1. The minimum Gasteiger partial charge on any atom is -0.489 e. The van der Waals surface area contributed by atoms with Gasteiger partial charge in [-0.05, 0) is 61.0 Å². The van der Waals surface area contributed by atoms with E-state index in [9.17, 15) is 14.7 Å². The number of pyridine rings is 1. The Morgan fingerprint density at radius 1 is 0.711 bits per heavy atom. The van der Waals surface area contributed by atoms with Crippen LogP contribution in [0.4, 0.5) is 9.59 Å². The third kappa shape index (κ3) is 6.86. The van der Waals surface area contributed by atoms with Crippen LogP contribution in [0.25, 0.3) is 0 Å². The Kier molecular flexibility index (Phi) is 10.8. The van der Waals surface area contributed by atoms with Crippen LogP contribution in [0.1, 0.15) is 72.6 Å². The second kappa shape index (κ2) is 13.3. The standard InChI is InChI=1S/C28H41N3O7/c1-16(2)30(17(3)4)27(33)37-23-21(22(32)20-14-12-11-13-15-20)25(29-26(36-10)24(23)35-9)38-28(34)31(18(5)6)19(7)8/h11-19,22,32H,1-10H3. The number of hydrogen-bond acceptors (Lipinski definition) is 8. The fourth-order valence-electron chi connectivity index (χ4n) is 4.37. The molecule has 38 heavy (non-hydrogen) atoms. The van der Waals surface area contributed by atoms with E-state index >= 15 is 0 Å². The van der Waals surface area contributed by atoms with Crippen molar-refractivity contribution >= 4 is 12.2 Å². The minimum atomic E-state index is -1.38. The van der Waals surface area contributed by atoms with Crippen LogP contribution in [0.5, 0.6) is 23.3 Å². The average Bonchev–Trinajstić information content (AvgIpc) is 2.82. The lowest BCUT2D eigenvalue weighted by Gasteiger charge is -2.31. The molecule has 0 aliphatic heterocycles. The molecular formula is C28H41N3O7. The fourth-order valence-corrected chi connectivity index (χ4v) is 4.37. The summed E-state index contributed by atoms with van der Waals surface area (Å²) in [6, 6.07) is 8.00. The van der Waals surface area contributed by atoms with Crippen LogP contribution in [-0.4, -0.2) is 70.5 Å². The van der Waals surface area contributed by atoms with E-state index in [0.29, 0.717) is 5.56 Å². The molecule has 0 fully saturated rings. The first-order valence-electron chi connectivity index (χ1n) is 12.7. The number of aliphatic hydroxyl groups excluding tert-OH is 1. The lowest BCUT2D eigenvalue weighted by molar-refractivity contribution is 0.115. The molecule has 1 N–H and O–H groups in total. The van der Waals surface area contributed by atoms with Gasteiger partial charge in [-0.2, -0.15) is 4.98 Å². The molecule has 2 aromatic rings. The highest BCUT2D eigenvalue weighted by Gasteiger charge is 2.35. The van der Waals surface area contributed by atoms with Crippen LogP contribution in [0.2, 0.25) is 0 Å². The molecular weight excluding hydrogens is 490 g/mol. The van der Waals surface area contributed by atoms with Gasteiger partial charge >= 0.3 is 12.2 Å². The fraction of sp³-hybridized carbons (Fsp3) is 0.536. The minimum absolute atomic E-state index is 0.0253. The van der Waals surface area contributed by atoms with Crippen LogP contribution in [0.3, 0.4) is 0 Å². The highest BCUT2D eigenvalue weighted by molar-refractivity contribution is 5.76. The number of benzene rings is 1. The molecule has 1 aromatic heterocycles. The van der Waals surface area contributed by atoms with Gasteiger partial charge in [-0.25, -0.2) is 9.59 Å². The highest BCUT2D eigenvalue weighted by Crippen LogP contribution is 2.47. The van der Waals surface area contributed by atoms with Crippen molar-refractivity contribution in [3.05, 3.63) is 41.5 Å². The zero-order valence-corrected chi connectivity index (χ0v) is 24.0. The molecule has 0 radical (unpaired) electrons. The number of nitrogens with zero attached hydrogens (tertiary/aromatic N) is 3. The Morgan fingerprint density at radius 3 is 1.61 bits per heavy atom. The molecule has 1 aromatic carbocycles. The van der Waals surface area contributed by atoms with E-state index in [0.717, 1.165) is 0 Å². The monoisotopic (exact) mass is 531 g/mol. The Balaban J connectivity index is 2.82. The summed E-state index contributed by atoms with van der Waals surface area (Å²) in [5.74, 6) is -0.528. The van der Waals surface area contributed by atoms with Crippen LogP contribution < -0.4 is 18.9 Å². The van der Waals surface area contributed by atoms with Gasteiger partial charge in [0.1, 0.15) is 6.10 Å². The summed E-state index contributed by atoms with van der Waals surface area (Å²) in [6.45, 7) is 14.9. The van der Waals surface area contributed by atoms with Crippen LogP contribution in [0, 0.1) is 0 Å². The van der Waals surface area contributed by atoms with E-state index in [-0.39, 0.29) is 53.0 Å². The third-order valence-electron chi connectivity index (χ3n) is 5.89. The van der Waals surface area contributed by atoms with Gasteiger partial charge in [-0.15, -0.1) is 0 Å². The van der Waals surface area contributed by atoms with Gasteiger partial charge < -0.3 is 33.9 Å². The van der Waals surface area contributed by atoms with E-state index in [1.54, 1.807) is 30.3 Å². The highest BCUT2D eigenvalue weighted by atomic mass is 16.6. The normalized spacial score (nSPS) is 12.1. The van der Waals surface area contributed by atoms with Gasteiger partial charge in [0.15, 0.2) is 5.75 Å². The quantitative estimate of drug-likeness (QED) is 0.433. The summed E-state index contributed by atoms with van der Waals surface area (Å²) in [4.78, 5) is 34.1. The molecule has 0 aliphatic rings.